The van der Waals surface area contributed by atoms with Gasteiger partial charge in [-0.15, -0.1) is 0 Å². The van der Waals surface area contributed by atoms with Gasteiger partial charge in [-0.25, -0.2) is 4.79 Å². The van der Waals surface area contributed by atoms with E-state index in [2.05, 4.69) is 24.5 Å². The van der Waals surface area contributed by atoms with Gasteiger partial charge in [-0.3, -0.25) is 9.59 Å². The van der Waals surface area contributed by atoms with Crippen molar-refractivity contribution in [1.29, 1.82) is 0 Å². The minimum Gasteiger partial charge on any atom is -0.508 e. The number of hydrogen-bond acceptors (Lipinski definition) is 6. The minimum atomic E-state index is -0.908. The molecule has 0 saturated heterocycles. The standard InChI is InChI=1S/C31H51N3O5S/c1-21(2)13-14-22(3)34(29(37)26(19-20-40-7)33-30(38)39-31(4,5)6)27(23-15-17-25(35)18-16-23)28(36)32-24-11-9-8-10-12-24/h15-18,21-22,24,26-27,35H,8-14,19-20H2,1-7H3,(H,32,36)(H,33,38). The van der Waals surface area contributed by atoms with Crippen molar-refractivity contribution in [2.24, 2.45) is 5.92 Å². The lowest BCUT2D eigenvalue weighted by Gasteiger charge is -2.39. The number of ether oxygens (including phenoxy) is 1. The molecule has 3 N–H and O–H groups in total. The van der Waals surface area contributed by atoms with Gasteiger partial charge in [0.15, 0.2) is 0 Å². The van der Waals surface area contributed by atoms with Crippen molar-refractivity contribution < 1.29 is 24.2 Å². The van der Waals surface area contributed by atoms with Gasteiger partial charge in [0.2, 0.25) is 11.8 Å². The van der Waals surface area contributed by atoms with E-state index in [-0.39, 0.29) is 29.6 Å². The summed E-state index contributed by atoms with van der Waals surface area (Å²) >= 11 is 1.59. The Morgan fingerprint density at radius 3 is 2.20 bits per heavy atom. The number of aromatic hydroxyl groups is 1. The monoisotopic (exact) mass is 577 g/mol. The zero-order valence-electron chi connectivity index (χ0n) is 25.5. The molecule has 0 aliphatic heterocycles. The summed E-state index contributed by atoms with van der Waals surface area (Å²) in [5, 5.41) is 16.0. The number of nitrogens with zero attached hydrogens (tertiary/aromatic N) is 1. The number of phenols is 1. The summed E-state index contributed by atoms with van der Waals surface area (Å²) in [5.74, 6) is 0.620. The molecule has 3 unspecified atom stereocenters. The maximum absolute atomic E-state index is 14.4. The summed E-state index contributed by atoms with van der Waals surface area (Å²) in [5.41, 5.74) is -0.0904. The van der Waals surface area contributed by atoms with Crippen LogP contribution in [0.3, 0.4) is 0 Å². The molecule has 9 heteroatoms. The third-order valence-corrected chi connectivity index (χ3v) is 7.82. The predicted molar refractivity (Wildman–Crippen MR) is 162 cm³/mol. The molecule has 226 valence electrons. The topological polar surface area (TPSA) is 108 Å². The largest absolute Gasteiger partial charge is 0.508 e. The number of thioether (sulfide) groups is 1. The maximum atomic E-state index is 14.4. The highest BCUT2D eigenvalue weighted by molar-refractivity contribution is 7.98. The molecule has 0 bridgehead atoms. The Labute approximate surface area is 245 Å². The zero-order valence-corrected chi connectivity index (χ0v) is 26.3. The normalized spacial score (nSPS) is 16.6. The lowest BCUT2D eigenvalue weighted by atomic mass is 9.93. The molecule has 8 nitrogen and oxygen atoms in total. The van der Waals surface area contributed by atoms with E-state index in [0.717, 1.165) is 38.5 Å². The quantitative estimate of drug-likeness (QED) is 0.258. The van der Waals surface area contributed by atoms with E-state index >= 15 is 0 Å². The van der Waals surface area contributed by atoms with E-state index in [4.69, 9.17) is 4.74 Å². The van der Waals surface area contributed by atoms with Crippen molar-refractivity contribution in [3.63, 3.8) is 0 Å². The molecule has 1 aromatic carbocycles. The van der Waals surface area contributed by atoms with Gasteiger partial charge in [0.1, 0.15) is 23.4 Å². The SMILES string of the molecule is CSCCC(NC(=O)OC(C)(C)C)C(=O)N(C(C)CCC(C)C)C(C(=O)NC1CCCCC1)c1ccc(O)cc1. The number of carbonyl (C=O) groups excluding carboxylic acids is 3. The summed E-state index contributed by atoms with van der Waals surface area (Å²) in [7, 11) is 0. The highest BCUT2D eigenvalue weighted by Crippen LogP contribution is 2.30. The molecule has 0 heterocycles. The number of alkyl carbamates (subject to hydrolysis) is 1. The van der Waals surface area contributed by atoms with Gasteiger partial charge < -0.3 is 25.4 Å². The Morgan fingerprint density at radius 1 is 1.02 bits per heavy atom. The minimum absolute atomic E-state index is 0.0657. The molecular formula is C31H51N3O5S. The van der Waals surface area contributed by atoms with Gasteiger partial charge in [0, 0.05) is 12.1 Å². The van der Waals surface area contributed by atoms with Gasteiger partial charge in [0.25, 0.3) is 0 Å². The van der Waals surface area contributed by atoms with E-state index in [1.54, 1.807) is 61.7 Å². The van der Waals surface area contributed by atoms with Gasteiger partial charge in [-0.1, -0.05) is 45.2 Å². The maximum Gasteiger partial charge on any atom is 0.408 e. The molecule has 1 fully saturated rings. The highest BCUT2D eigenvalue weighted by Gasteiger charge is 2.39. The van der Waals surface area contributed by atoms with Crippen LogP contribution >= 0.6 is 11.8 Å². The van der Waals surface area contributed by atoms with Crippen LogP contribution in [0.2, 0.25) is 0 Å². The molecule has 40 heavy (non-hydrogen) atoms. The third-order valence-electron chi connectivity index (χ3n) is 7.18. The first kappa shape index (κ1) is 33.8. The molecule has 1 aliphatic rings. The third kappa shape index (κ3) is 11.2. The second kappa shape index (κ2) is 16.1. The van der Waals surface area contributed by atoms with Crippen LogP contribution in [0.4, 0.5) is 4.79 Å². The lowest BCUT2D eigenvalue weighted by molar-refractivity contribution is -0.145. The van der Waals surface area contributed by atoms with Gasteiger partial charge in [-0.05, 0) is 95.4 Å². The summed E-state index contributed by atoms with van der Waals surface area (Å²) < 4.78 is 5.49. The average molecular weight is 578 g/mol. The lowest BCUT2D eigenvalue weighted by Crippen LogP contribution is -2.56. The number of benzene rings is 1. The Bertz CT molecular complexity index is 941. The summed E-state index contributed by atoms with van der Waals surface area (Å²) in [6.07, 6.45) is 8.42. The first-order valence-electron chi connectivity index (χ1n) is 14.7. The molecule has 0 spiro atoms. The summed E-state index contributed by atoms with van der Waals surface area (Å²) in [6, 6.07) is 4.52. The van der Waals surface area contributed by atoms with E-state index < -0.39 is 23.8 Å². The van der Waals surface area contributed by atoms with E-state index in [1.807, 2.05) is 13.2 Å². The Balaban J connectivity index is 2.52. The number of nitrogens with one attached hydrogen (secondary N) is 2. The van der Waals surface area contributed by atoms with Crippen LogP contribution in [0.15, 0.2) is 24.3 Å². The number of amides is 3. The fourth-order valence-corrected chi connectivity index (χ4v) is 5.53. The van der Waals surface area contributed by atoms with Crippen molar-refractivity contribution >= 4 is 29.7 Å². The first-order chi connectivity index (χ1) is 18.8. The Morgan fingerprint density at radius 2 is 1.65 bits per heavy atom. The van der Waals surface area contributed by atoms with Gasteiger partial charge >= 0.3 is 6.09 Å². The molecule has 3 atom stereocenters. The first-order valence-corrected chi connectivity index (χ1v) is 16.1. The Hall–Kier alpha value is -2.42. The fraction of sp³-hybridized carbons (Fsp3) is 0.710. The fourth-order valence-electron chi connectivity index (χ4n) is 5.06. The van der Waals surface area contributed by atoms with Gasteiger partial charge in [0.05, 0.1) is 0 Å². The molecule has 3 amide bonds. The van der Waals surface area contributed by atoms with Crippen LogP contribution < -0.4 is 10.6 Å². The van der Waals surface area contributed by atoms with Crippen molar-refractivity contribution in [1.82, 2.24) is 15.5 Å². The van der Waals surface area contributed by atoms with Crippen LogP contribution in [0.1, 0.15) is 105 Å². The van der Waals surface area contributed by atoms with E-state index in [9.17, 15) is 19.5 Å². The van der Waals surface area contributed by atoms with Gasteiger partial charge in [-0.2, -0.15) is 11.8 Å². The Kier molecular flexibility index (Phi) is 13.6. The van der Waals surface area contributed by atoms with Crippen LogP contribution in [-0.2, 0) is 14.3 Å². The highest BCUT2D eigenvalue weighted by atomic mass is 32.2. The van der Waals surface area contributed by atoms with E-state index in [0.29, 0.717) is 30.1 Å². The van der Waals surface area contributed by atoms with Crippen molar-refractivity contribution in [3.05, 3.63) is 29.8 Å². The zero-order chi connectivity index (χ0) is 29.9. The smallest absolute Gasteiger partial charge is 0.408 e. The number of phenolic OH excluding ortho intramolecular Hbond substituents is 1. The number of rotatable bonds is 13. The number of hydrogen-bond donors (Lipinski definition) is 3. The van der Waals surface area contributed by atoms with E-state index in [1.165, 1.54) is 0 Å². The van der Waals surface area contributed by atoms with Crippen molar-refractivity contribution in [3.8, 4) is 5.75 Å². The molecule has 1 aliphatic carbocycles. The van der Waals surface area contributed by atoms with Crippen LogP contribution in [-0.4, -0.2) is 63.6 Å². The average Bonchev–Trinajstić information content (AvgIpc) is 2.88. The van der Waals surface area contributed by atoms with Crippen molar-refractivity contribution in [2.75, 3.05) is 12.0 Å². The number of carbonyl (C=O) groups is 3. The molecule has 2 rings (SSSR count). The predicted octanol–water partition coefficient (Wildman–Crippen LogP) is 6.18. The van der Waals surface area contributed by atoms with Crippen LogP contribution in [0.25, 0.3) is 0 Å². The molecule has 0 radical (unpaired) electrons. The van der Waals surface area contributed by atoms with Crippen LogP contribution in [0.5, 0.6) is 5.75 Å². The molecular weight excluding hydrogens is 526 g/mol. The van der Waals surface area contributed by atoms with Crippen molar-refractivity contribution in [2.45, 2.75) is 123 Å². The molecule has 1 aromatic rings. The molecule has 1 saturated carbocycles. The second-order valence-corrected chi connectivity index (χ2v) is 13.4. The second-order valence-electron chi connectivity index (χ2n) is 12.4. The van der Waals surface area contributed by atoms with Crippen LogP contribution in [0, 0.1) is 5.92 Å². The summed E-state index contributed by atoms with van der Waals surface area (Å²) in [6.45, 7) is 11.6. The summed E-state index contributed by atoms with van der Waals surface area (Å²) in [4.78, 5) is 42.9. The molecule has 0 aromatic heterocycles.